The van der Waals surface area contributed by atoms with Crippen LogP contribution >= 0.6 is 11.5 Å². The molecule has 0 radical (unpaired) electrons. The Bertz CT molecular complexity index is 919. The molecule has 10 heteroatoms. The molecule has 0 bridgehead atoms. The van der Waals surface area contributed by atoms with E-state index < -0.39 is 0 Å². The van der Waals surface area contributed by atoms with Crippen molar-refractivity contribution in [1.82, 2.24) is 34.4 Å². The Labute approximate surface area is 161 Å². The van der Waals surface area contributed by atoms with Gasteiger partial charge in [0.1, 0.15) is 28.2 Å². The van der Waals surface area contributed by atoms with Crippen LogP contribution in [0.4, 0.5) is 5.82 Å². The SMILES string of the molecule is CCCc1nnsc1C(=O)NCCNc1cc(-n2ccnc2C)nc(C)n1. The third-order valence-corrected chi connectivity index (χ3v) is 4.63. The summed E-state index contributed by atoms with van der Waals surface area (Å²) in [5.74, 6) is 2.83. The number of nitrogens with zero attached hydrogens (tertiary/aromatic N) is 6. The van der Waals surface area contributed by atoms with E-state index in [1.165, 1.54) is 0 Å². The van der Waals surface area contributed by atoms with Crippen molar-refractivity contribution in [3.8, 4) is 5.82 Å². The second-order valence-corrected chi connectivity index (χ2v) is 6.74. The Morgan fingerprint density at radius 1 is 1.26 bits per heavy atom. The first kappa shape index (κ1) is 18.9. The molecule has 3 rings (SSSR count). The van der Waals surface area contributed by atoms with Crippen molar-refractivity contribution < 1.29 is 4.79 Å². The van der Waals surface area contributed by atoms with Crippen LogP contribution in [0.1, 0.15) is 40.4 Å². The van der Waals surface area contributed by atoms with Gasteiger partial charge in [0.05, 0.1) is 5.69 Å². The summed E-state index contributed by atoms with van der Waals surface area (Å²) in [7, 11) is 0. The third kappa shape index (κ3) is 4.64. The Kier molecular flexibility index (Phi) is 6.07. The molecule has 0 aliphatic carbocycles. The first-order valence-electron chi connectivity index (χ1n) is 8.77. The van der Waals surface area contributed by atoms with Crippen LogP contribution in [0.3, 0.4) is 0 Å². The van der Waals surface area contributed by atoms with Crippen molar-refractivity contribution >= 4 is 23.3 Å². The van der Waals surface area contributed by atoms with E-state index in [0.717, 1.165) is 41.7 Å². The van der Waals surface area contributed by atoms with Crippen LogP contribution in [0.2, 0.25) is 0 Å². The predicted molar refractivity (Wildman–Crippen MR) is 103 cm³/mol. The average molecular weight is 386 g/mol. The molecule has 0 spiro atoms. The molecule has 0 aliphatic heterocycles. The number of anilines is 1. The number of nitrogens with one attached hydrogen (secondary N) is 2. The zero-order valence-electron chi connectivity index (χ0n) is 15.6. The van der Waals surface area contributed by atoms with Gasteiger partial charge in [-0.05, 0) is 31.8 Å². The maximum absolute atomic E-state index is 12.3. The quantitative estimate of drug-likeness (QED) is 0.569. The highest BCUT2D eigenvalue weighted by atomic mass is 32.1. The average Bonchev–Trinajstić information content (AvgIpc) is 3.27. The van der Waals surface area contributed by atoms with Crippen LogP contribution in [0.15, 0.2) is 18.5 Å². The summed E-state index contributed by atoms with van der Waals surface area (Å²) in [6.07, 6.45) is 5.28. The molecule has 0 fully saturated rings. The van der Waals surface area contributed by atoms with E-state index >= 15 is 0 Å². The number of imidazole rings is 1. The summed E-state index contributed by atoms with van der Waals surface area (Å²) in [5.41, 5.74) is 0.764. The summed E-state index contributed by atoms with van der Waals surface area (Å²) in [4.78, 5) is 25.9. The fourth-order valence-corrected chi connectivity index (χ4v) is 3.24. The molecular formula is C17H22N8OS. The molecule has 3 aromatic rings. The number of amides is 1. The van der Waals surface area contributed by atoms with Gasteiger partial charge in [0.25, 0.3) is 5.91 Å². The number of aryl methyl sites for hydroxylation is 3. The van der Waals surface area contributed by atoms with Crippen molar-refractivity contribution in [2.45, 2.75) is 33.6 Å². The van der Waals surface area contributed by atoms with Crippen molar-refractivity contribution in [3.05, 3.63) is 40.7 Å². The smallest absolute Gasteiger partial charge is 0.265 e. The Hall–Kier alpha value is -2.88. The third-order valence-electron chi connectivity index (χ3n) is 3.86. The van der Waals surface area contributed by atoms with E-state index in [-0.39, 0.29) is 5.91 Å². The summed E-state index contributed by atoms with van der Waals surface area (Å²) in [6, 6.07) is 1.86. The Balaban J connectivity index is 1.56. The standard InChI is InChI=1S/C17H22N8OS/c1-4-5-13-16(27-24-23-13)17(26)20-7-6-19-14-10-15(22-11(2)21-14)25-9-8-18-12(25)3/h8-10H,4-7H2,1-3H3,(H,20,26)(H,19,21,22). The lowest BCUT2D eigenvalue weighted by atomic mass is 10.2. The normalized spacial score (nSPS) is 10.8. The molecule has 3 heterocycles. The van der Waals surface area contributed by atoms with Crippen molar-refractivity contribution in [2.75, 3.05) is 18.4 Å². The molecule has 0 unspecified atom stereocenters. The van der Waals surface area contributed by atoms with Crippen LogP contribution in [0.25, 0.3) is 5.82 Å². The summed E-state index contributed by atoms with van der Waals surface area (Å²) < 4.78 is 5.78. The molecule has 3 aromatic heterocycles. The molecule has 0 saturated carbocycles. The van der Waals surface area contributed by atoms with E-state index in [1.54, 1.807) is 6.20 Å². The molecule has 9 nitrogen and oxygen atoms in total. The fourth-order valence-electron chi connectivity index (χ4n) is 2.61. The van der Waals surface area contributed by atoms with Crippen LogP contribution in [0, 0.1) is 13.8 Å². The zero-order chi connectivity index (χ0) is 19.2. The van der Waals surface area contributed by atoms with Gasteiger partial charge in [-0.1, -0.05) is 17.8 Å². The number of hydrogen-bond donors (Lipinski definition) is 2. The Morgan fingerprint density at radius 2 is 2.11 bits per heavy atom. The van der Waals surface area contributed by atoms with Gasteiger partial charge in [-0.2, -0.15) is 0 Å². The number of hydrogen-bond acceptors (Lipinski definition) is 8. The van der Waals surface area contributed by atoms with Crippen LogP contribution < -0.4 is 10.6 Å². The first-order valence-corrected chi connectivity index (χ1v) is 9.55. The number of rotatable bonds is 8. The van der Waals surface area contributed by atoms with E-state index in [2.05, 4.69) is 35.2 Å². The second kappa shape index (κ2) is 8.67. The van der Waals surface area contributed by atoms with E-state index in [1.807, 2.05) is 37.6 Å². The topological polar surface area (TPSA) is 111 Å². The van der Waals surface area contributed by atoms with Crippen molar-refractivity contribution in [3.63, 3.8) is 0 Å². The molecule has 0 atom stereocenters. The summed E-state index contributed by atoms with van der Waals surface area (Å²) in [5, 5.41) is 10.1. The van der Waals surface area contributed by atoms with Gasteiger partial charge in [-0.25, -0.2) is 15.0 Å². The van der Waals surface area contributed by atoms with Gasteiger partial charge in [0.15, 0.2) is 0 Å². The number of aromatic nitrogens is 6. The lowest BCUT2D eigenvalue weighted by Crippen LogP contribution is -2.29. The lowest BCUT2D eigenvalue weighted by Gasteiger charge is -2.10. The van der Waals surface area contributed by atoms with Crippen LogP contribution in [-0.4, -0.2) is 48.1 Å². The molecule has 0 saturated heterocycles. The largest absolute Gasteiger partial charge is 0.368 e. The molecule has 142 valence electrons. The monoisotopic (exact) mass is 386 g/mol. The van der Waals surface area contributed by atoms with E-state index in [0.29, 0.717) is 29.6 Å². The highest BCUT2D eigenvalue weighted by Crippen LogP contribution is 2.13. The number of carbonyl (C=O) groups excluding carboxylic acids is 1. The minimum absolute atomic E-state index is 0.135. The minimum Gasteiger partial charge on any atom is -0.368 e. The Morgan fingerprint density at radius 3 is 2.85 bits per heavy atom. The fraction of sp³-hybridized carbons (Fsp3) is 0.412. The van der Waals surface area contributed by atoms with Gasteiger partial charge in [0.2, 0.25) is 0 Å². The van der Waals surface area contributed by atoms with E-state index in [9.17, 15) is 4.79 Å². The van der Waals surface area contributed by atoms with Crippen LogP contribution in [0.5, 0.6) is 0 Å². The summed E-state index contributed by atoms with van der Waals surface area (Å²) in [6.45, 7) is 6.81. The maximum atomic E-state index is 12.3. The van der Waals surface area contributed by atoms with Crippen molar-refractivity contribution in [1.29, 1.82) is 0 Å². The second-order valence-electron chi connectivity index (χ2n) is 5.98. The molecule has 0 aliphatic rings. The zero-order valence-corrected chi connectivity index (χ0v) is 16.4. The van der Waals surface area contributed by atoms with Crippen molar-refractivity contribution in [2.24, 2.45) is 0 Å². The van der Waals surface area contributed by atoms with Crippen LogP contribution in [-0.2, 0) is 6.42 Å². The van der Waals surface area contributed by atoms with Gasteiger partial charge >= 0.3 is 0 Å². The summed E-state index contributed by atoms with van der Waals surface area (Å²) >= 11 is 1.13. The predicted octanol–water partition coefficient (Wildman–Crippen LogP) is 1.93. The van der Waals surface area contributed by atoms with E-state index in [4.69, 9.17) is 0 Å². The highest BCUT2D eigenvalue weighted by molar-refractivity contribution is 7.08. The lowest BCUT2D eigenvalue weighted by molar-refractivity contribution is 0.0958. The maximum Gasteiger partial charge on any atom is 0.265 e. The van der Waals surface area contributed by atoms with Gasteiger partial charge < -0.3 is 10.6 Å². The first-order chi connectivity index (χ1) is 13.1. The molecule has 0 aromatic carbocycles. The van der Waals surface area contributed by atoms with Gasteiger partial charge in [-0.15, -0.1) is 5.10 Å². The molecule has 2 N–H and O–H groups in total. The minimum atomic E-state index is -0.135. The highest BCUT2D eigenvalue weighted by Gasteiger charge is 2.15. The molecule has 1 amide bonds. The van der Waals surface area contributed by atoms with Gasteiger partial charge in [-0.3, -0.25) is 9.36 Å². The molecular weight excluding hydrogens is 364 g/mol. The molecule has 27 heavy (non-hydrogen) atoms. The number of carbonyl (C=O) groups is 1. The van der Waals surface area contributed by atoms with Gasteiger partial charge in [0, 0.05) is 31.5 Å².